The van der Waals surface area contributed by atoms with Gasteiger partial charge in [0.2, 0.25) is 0 Å². The molecule has 1 aromatic carbocycles. The van der Waals surface area contributed by atoms with Gasteiger partial charge >= 0.3 is 0 Å². The molecule has 0 aliphatic heterocycles. The van der Waals surface area contributed by atoms with Crippen LogP contribution in [-0.2, 0) is 0 Å². The number of nitrogens with zero attached hydrogens (tertiary/aromatic N) is 3. The van der Waals surface area contributed by atoms with Crippen LogP contribution in [0.25, 0.3) is 22.5 Å². The molecule has 20 heavy (non-hydrogen) atoms. The number of hydrogen-bond donors (Lipinski definition) is 0. The third-order valence-electron chi connectivity index (χ3n) is 3.04. The first kappa shape index (κ1) is 12.1. The van der Waals surface area contributed by atoms with E-state index in [1.54, 1.807) is 18.5 Å². The molecule has 0 spiro atoms. The van der Waals surface area contributed by atoms with E-state index in [1.165, 1.54) is 0 Å². The van der Waals surface area contributed by atoms with E-state index in [2.05, 4.69) is 16.0 Å². The molecule has 3 nitrogen and oxygen atoms in total. The second-order valence-electron chi connectivity index (χ2n) is 4.27. The summed E-state index contributed by atoms with van der Waals surface area (Å²) in [5, 5.41) is 9.35. The first-order valence-electron chi connectivity index (χ1n) is 6.26. The van der Waals surface area contributed by atoms with Crippen molar-refractivity contribution in [2.45, 2.75) is 0 Å². The maximum absolute atomic E-state index is 9.35. The Balaban J connectivity index is 2.30. The molecule has 0 aliphatic carbocycles. The number of rotatable bonds is 2. The molecule has 0 N–H and O–H groups in total. The van der Waals surface area contributed by atoms with Gasteiger partial charge < -0.3 is 0 Å². The summed E-state index contributed by atoms with van der Waals surface area (Å²) in [5.41, 5.74) is 3.90. The van der Waals surface area contributed by atoms with Crippen molar-refractivity contribution in [2.24, 2.45) is 0 Å². The Kier molecular flexibility index (Phi) is 3.22. The van der Waals surface area contributed by atoms with Crippen LogP contribution in [-0.4, -0.2) is 9.97 Å². The Morgan fingerprint density at radius 3 is 2.30 bits per heavy atom. The summed E-state index contributed by atoms with van der Waals surface area (Å²) in [6.07, 6.45) is 3.37. The van der Waals surface area contributed by atoms with Gasteiger partial charge in [-0.15, -0.1) is 0 Å². The molecule has 0 fully saturated rings. The van der Waals surface area contributed by atoms with Crippen LogP contribution in [0, 0.1) is 11.3 Å². The molecule has 3 aromatic rings. The molecule has 3 heteroatoms. The molecule has 0 aliphatic rings. The average Bonchev–Trinajstić information content (AvgIpc) is 2.55. The van der Waals surface area contributed by atoms with Crippen molar-refractivity contribution in [2.75, 3.05) is 0 Å². The summed E-state index contributed by atoms with van der Waals surface area (Å²) in [5.74, 6) is 0. The van der Waals surface area contributed by atoms with Crippen LogP contribution >= 0.6 is 0 Å². The van der Waals surface area contributed by atoms with Crippen molar-refractivity contribution < 1.29 is 0 Å². The van der Waals surface area contributed by atoms with E-state index in [-0.39, 0.29) is 0 Å². The Hall–Kier alpha value is -2.99. The van der Waals surface area contributed by atoms with Crippen molar-refractivity contribution >= 4 is 0 Å². The quantitative estimate of drug-likeness (QED) is 0.703. The standard InChI is InChI=1S/C17H11N3/c18-12-14-9-11-20-17(15-8-4-5-10-19-15)16(14)13-6-2-1-3-7-13/h1-11H. The smallest absolute Gasteiger partial charge is 0.0999 e. The maximum Gasteiger partial charge on any atom is 0.0999 e. The Morgan fingerprint density at radius 2 is 1.60 bits per heavy atom. The highest BCUT2D eigenvalue weighted by Crippen LogP contribution is 2.31. The summed E-state index contributed by atoms with van der Waals surface area (Å²) in [6, 6.07) is 19.4. The van der Waals surface area contributed by atoms with E-state index in [1.807, 2.05) is 48.5 Å². The predicted octanol–water partition coefficient (Wildman–Crippen LogP) is 3.68. The Labute approximate surface area is 117 Å². The number of aromatic nitrogens is 2. The molecule has 0 unspecified atom stereocenters. The summed E-state index contributed by atoms with van der Waals surface area (Å²) >= 11 is 0. The van der Waals surface area contributed by atoms with E-state index in [4.69, 9.17) is 0 Å². The van der Waals surface area contributed by atoms with E-state index in [0.717, 1.165) is 22.5 Å². The average molecular weight is 257 g/mol. The molecule has 0 radical (unpaired) electrons. The minimum absolute atomic E-state index is 0.604. The van der Waals surface area contributed by atoms with Gasteiger partial charge in [0, 0.05) is 18.0 Å². The lowest BCUT2D eigenvalue weighted by molar-refractivity contribution is 1.24. The van der Waals surface area contributed by atoms with Crippen LogP contribution in [0.2, 0.25) is 0 Å². The molecule has 0 atom stereocenters. The summed E-state index contributed by atoms with van der Waals surface area (Å²) < 4.78 is 0. The van der Waals surface area contributed by atoms with E-state index >= 15 is 0 Å². The molecule has 3 rings (SSSR count). The zero-order chi connectivity index (χ0) is 13.8. The highest BCUT2D eigenvalue weighted by molar-refractivity contribution is 5.83. The number of benzene rings is 1. The van der Waals surface area contributed by atoms with Crippen LogP contribution in [0.1, 0.15) is 5.56 Å². The van der Waals surface area contributed by atoms with Crippen molar-refractivity contribution in [3.05, 3.63) is 72.6 Å². The van der Waals surface area contributed by atoms with Crippen LogP contribution in [0.4, 0.5) is 0 Å². The Morgan fingerprint density at radius 1 is 0.800 bits per heavy atom. The lowest BCUT2D eigenvalue weighted by Gasteiger charge is -2.10. The minimum atomic E-state index is 0.604. The molecular weight excluding hydrogens is 246 g/mol. The lowest BCUT2D eigenvalue weighted by atomic mass is 9.97. The van der Waals surface area contributed by atoms with Crippen molar-refractivity contribution in [3.63, 3.8) is 0 Å². The summed E-state index contributed by atoms with van der Waals surface area (Å²) in [4.78, 5) is 8.76. The molecular formula is C17H11N3. The molecule has 94 valence electrons. The topological polar surface area (TPSA) is 49.6 Å². The SMILES string of the molecule is N#Cc1ccnc(-c2ccccn2)c1-c1ccccc1. The molecule has 0 bridgehead atoms. The van der Waals surface area contributed by atoms with E-state index in [9.17, 15) is 5.26 Å². The van der Waals surface area contributed by atoms with E-state index < -0.39 is 0 Å². The minimum Gasteiger partial charge on any atom is -0.255 e. The normalized spacial score (nSPS) is 9.95. The zero-order valence-corrected chi connectivity index (χ0v) is 10.7. The van der Waals surface area contributed by atoms with Gasteiger partial charge in [0.1, 0.15) is 0 Å². The van der Waals surface area contributed by atoms with Gasteiger partial charge in [0.25, 0.3) is 0 Å². The zero-order valence-electron chi connectivity index (χ0n) is 10.7. The first-order chi connectivity index (χ1) is 9.90. The fraction of sp³-hybridized carbons (Fsp3) is 0. The first-order valence-corrected chi connectivity index (χ1v) is 6.26. The van der Waals surface area contributed by atoms with Gasteiger partial charge in [0.15, 0.2) is 0 Å². The highest BCUT2D eigenvalue weighted by atomic mass is 14.8. The fourth-order valence-electron chi connectivity index (χ4n) is 2.15. The summed E-state index contributed by atoms with van der Waals surface area (Å²) in [7, 11) is 0. The Bertz CT molecular complexity index is 759. The highest BCUT2D eigenvalue weighted by Gasteiger charge is 2.13. The second-order valence-corrected chi connectivity index (χ2v) is 4.27. The second kappa shape index (κ2) is 5.33. The van der Waals surface area contributed by atoms with Crippen LogP contribution in [0.3, 0.4) is 0 Å². The van der Waals surface area contributed by atoms with Gasteiger partial charge in [-0.05, 0) is 23.8 Å². The summed E-state index contributed by atoms with van der Waals surface area (Å²) in [6.45, 7) is 0. The number of nitriles is 1. The van der Waals surface area contributed by atoms with Crippen LogP contribution < -0.4 is 0 Å². The third-order valence-corrected chi connectivity index (χ3v) is 3.04. The van der Waals surface area contributed by atoms with Crippen LogP contribution in [0.15, 0.2) is 67.0 Å². The van der Waals surface area contributed by atoms with E-state index in [0.29, 0.717) is 5.56 Å². The molecule has 0 saturated heterocycles. The van der Waals surface area contributed by atoms with Crippen LogP contribution in [0.5, 0.6) is 0 Å². The number of hydrogen-bond acceptors (Lipinski definition) is 3. The van der Waals surface area contributed by atoms with Gasteiger partial charge in [0.05, 0.1) is 23.0 Å². The maximum atomic E-state index is 9.35. The molecule has 2 aromatic heterocycles. The van der Waals surface area contributed by atoms with Crippen molar-refractivity contribution in [1.82, 2.24) is 9.97 Å². The molecule has 0 amide bonds. The van der Waals surface area contributed by atoms with Gasteiger partial charge in [-0.1, -0.05) is 36.4 Å². The van der Waals surface area contributed by atoms with Crippen molar-refractivity contribution in [3.8, 4) is 28.6 Å². The van der Waals surface area contributed by atoms with Crippen molar-refractivity contribution in [1.29, 1.82) is 5.26 Å². The van der Waals surface area contributed by atoms with Gasteiger partial charge in [-0.3, -0.25) is 9.97 Å². The monoisotopic (exact) mass is 257 g/mol. The van der Waals surface area contributed by atoms with Gasteiger partial charge in [-0.25, -0.2) is 0 Å². The largest absolute Gasteiger partial charge is 0.255 e. The van der Waals surface area contributed by atoms with Gasteiger partial charge in [-0.2, -0.15) is 5.26 Å². The predicted molar refractivity (Wildman–Crippen MR) is 77.6 cm³/mol. The lowest BCUT2D eigenvalue weighted by Crippen LogP contribution is -1.94. The third kappa shape index (κ3) is 2.15. The molecule has 2 heterocycles. The fourth-order valence-corrected chi connectivity index (χ4v) is 2.15. The molecule has 0 saturated carbocycles. The number of pyridine rings is 2.